The number of nitrogens with two attached hydrogens (primary N) is 1. The Labute approximate surface area is 126 Å². The first-order chi connectivity index (χ1) is 9.76. The summed E-state index contributed by atoms with van der Waals surface area (Å²) in [5.74, 6) is -0.244. The van der Waals surface area contributed by atoms with E-state index in [0.717, 1.165) is 37.4 Å². The van der Waals surface area contributed by atoms with Crippen molar-refractivity contribution in [1.29, 1.82) is 0 Å². The maximum atomic E-state index is 13.4. The van der Waals surface area contributed by atoms with Gasteiger partial charge in [0.1, 0.15) is 5.82 Å². The molecule has 0 bridgehead atoms. The highest BCUT2D eigenvalue weighted by Gasteiger charge is 2.24. The van der Waals surface area contributed by atoms with Crippen molar-refractivity contribution in [2.75, 3.05) is 37.6 Å². The SMILES string of the molecule is CC(N)c1cc(F)ccc1N1CCN(CC(C)(C)O)CC1. The molecule has 1 heterocycles. The smallest absolute Gasteiger partial charge is 0.123 e. The van der Waals surface area contributed by atoms with Crippen molar-refractivity contribution in [1.82, 2.24) is 4.90 Å². The van der Waals surface area contributed by atoms with Gasteiger partial charge in [-0.05, 0) is 44.5 Å². The van der Waals surface area contributed by atoms with E-state index in [1.165, 1.54) is 12.1 Å². The van der Waals surface area contributed by atoms with Crippen molar-refractivity contribution >= 4 is 5.69 Å². The van der Waals surface area contributed by atoms with Gasteiger partial charge < -0.3 is 15.7 Å². The predicted octanol–water partition coefficient (Wildman–Crippen LogP) is 1.74. The number of benzene rings is 1. The average molecular weight is 295 g/mol. The third-order valence-corrected chi connectivity index (χ3v) is 3.80. The summed E-state index contributed by atoms with van der Waals surface area (Å²) < 4.78 is 13.4. The molecule has 5 heteroatoms. The summed E-state index contributed by atoms with van der Waals surface area (Å²) in [5.41, 5.74) is 7.17. The van der Waals surface area contributed by atoms with Crippen LogP contribution in [0.1, 0.15) is 32.4 Å². The van der Waals surface area contributed by atoms with Gasteiger partial charge in [-0.3, -0.25) is 4.90 Å². The fourth-order valence-electron chi connectivity index (χ4n) is 2.87. The number of halogens is 1. The Morgan fingerprint density at radius 1 is 1.29 bits per heavy atom. The highest BCUT2D eigenvalue weighted by atomic mass is 19.1. The van der Waals surface area contributed by atoms with E-state index in [4.69, 9.17) is 5.73 Å². The standard InChI is InChI=1S/C16H26FN3O/c1-12(18)14-10-13(17)4-5-15(14)20-8-6-19(7-9-20)11-16(2,3)21/h4-5,10,12,21H,6-9,11,18H2,1-3H3. The minimum Gasteiger partial charge on any atom is -0.389 e. The summed E-state index contributed by atoms with van der Waals surface area (Å²) in [4.78, 5) is 4.50. The predicted molar refractivity (Wildman–Crippen MR) is 84.0 cm³/mol. The number of rotatable bonds is 4. The molecule has 1 aliphatic rings. The second-order valence-electron chi connectivity index (χ2n) is 6.57. The van der Waals surface area contributed by atoms with Gasteiger partial charge in [0.15, 0.2) is 0 Å². The van der Waals surface area contributed by atoms with Gasteiger partial charge in [0.25, 0.3) is 0 Å². The van der Waals surface area contributed by atoms with E-state index in [0.29, 0.717) is 6.54 Å². The Morgan fingerprint density at radius 2 is 1.90 bits per heavy atom. The second kappa shape index (κ2) is 6.30. The Hall–Kier alpha value is -1.17. The summed E-state index contributed by atoms with van der Waals surface area (Å²) in [6.45, 7) is 9.71. The number of hydrogen-bond acceptors (Lipinski definition) is 4. The molecule has 0 saturated carbocycles. The van der Waals surface area contributed by atoms with Crippen LogP contribution in [-0.2, 0) is 0 Å². The quantitative estimate of drug-likeness (QED) is 0.888. The lowest BCUT2D eigenvalue weighted by atomic mass is 10.0. The minimum atomic E-state index is -0.672. The number of piperazine rings is 1. The van der Waals surface area contributed by atoms with Crippen molar-refractivity contribution < 1.29 is 9.50 Å². The molecule has 0 spiro atoms. The van der Waals surface area contributed by atoms with Crippen LogP contribution in [0.3, 0.4) is 0 Å². The van der Waals surface area contributed by atoms with Crippen molar-refractivity contribution in [3.63, 3.8) is 0 Å². The summed E-state index contributed by atoms with van der Waals surface area (Å²) in [7, 11) is 0. The van der Waals surface area contributed by atoms with Gasteiger partial charge in [-0.1, -0.05) is 0 Å². The Bertz CT molecular complexity index is 477. The zero-order chi connectivity index (χ0) is 15.6. The highest BCUT2D eigenvalue weighted by Crippen LogP contribution is 2.27. The lowest BCUT2D eigenvalue weighted by molar-refractivity contribution is 0.0345. The molecule has 1 atom stereocenters. The summed E-state index contributed by atoms with van der Waals surface area (Å²) >= 11 is 0. The van der Waals surface area contributed by atoms with Crippen molar-refractivity contribution in [2.24, 2.45) is 5.73 Å². The number of anilines is 1. The van der Waals surface area contributed by atoms with E-state index in [9.17, 15) is 9.50 Å². The van der Waals surface area contributed by atoms with E-state index >= 15 is 0 Å². The van der Waals surface area contributed by atoms with Gasteiger partial charge in [-0.25, -0.2) is 4.39 Å². The molecule has 2 rings (SSSR count). The normalized spacial score (nSPS) is 18.9. The van der Waals surface area contributed by atoms with Gasteiger partial charge in [-0.15, -0.1) is 0 Å². The van der Waals surface area contributed by atoms with Gasteiger partial charge in [0.2, 0.25) is 0 Å². The molecule has 0 aromatic heterocycles. The van der Waals surface area contributed by atoms with Gasteiger partial charge in [0, 0.05) is 44.5 Å². The molecular weight excluding hydrogens is 269 g/mol. The first kappa shape index (κ1) is 16.2. The van der Waals surface area contributed by atoms with Gasteiger partial charge >= 0.3 is 0 Å². The number of nitrogens with zero attached hydrogens (tertiary/aromatic N) is 2. The fourth-order valence-corrected chi connectivity index (χ4v) is 2.87. The fraction of sp³-hybridized carbons (Fsp3) is 0.625. The summed E-state index contributed by atoms with van der Waals surface area (Å²) in [5, 5.41) is 9.89. The Morgan fingerprint density at radius 3 is 2.43 bits per heavy atom. The third-order valence-electron chi connectivity index (χ3n) is 3.80. The van der Waals surface area contributed by atoms with Crippen LogP contribution in [0.2, 0.25) is 0 Å². The lowest BCUT2D eigenvalue weighted by Crippen LogP contribution is -2.50. The molecule has 1 aliphatic heterocycles. The van der Waals surface area contributed by atoms with Crippen molar-refractivity contribution in [3.05, 3.63) is 29.6 Å². The molecule has 118 valence electrons. The molecule has 0 amide bonds. The van der Waals surface area contributed by atoms with Gasteiger partial charge in [0.05, 0.1) is 5.60 Å². The molecule has 4 nitrogen and oxygen atoms in total. The topological polar surface area (TPSA) is 52.7 Å². The average Bonchev–Trinajstić information content (AvgIpc) is 2.38. The zero-order valence-corrected chi connectivity index (χ0v) is 13.1. The number of hydrogen-bond donors (Lipinski definition) is 2. The van der Waals surface area contributed by atoms with Crippen molar-refractivity contribution in [3.8, 4) is 0 Å². The highest BCUT2D eigenvalue weighted by molar-refractivity contribution is 5.55. The molecule has 1 aromatic carbocycles. The molecule has 1 saturated heterocycles. The molecule has 0 aliphatic carbocycles. The Kier molecular flexibility index (Phi) is 4.86. The molecular formula is C16H26FN3O. The third kappa shape index (κ3) is 4.40. The summed E-state index contributed by atoms with van der Waals surface area (Å²) in [6, 6.07) is 4.65. The van der Waals surface area contributed by atoms with Crippen LogP contribution < -0.4 is 10.6 Å². The van der Waals surface area contributed by atoms with Crippen LogP contribution in [0, 0.1) is 5.82 Å². The molecule has 1 unspecified atom stereocenters. The largest absolute Gasteiger partial charge is 0.389 e. The minimum absolute atomic E-state index is 0.190. The molecule has 0 radical (unpaired) electrons. The lowest BCUT2D eigenvalue weighted by Gasteiger charge is -2.39. The molecule has 21 heavy (non-hydrogen) atoms. The molecule has 1 fully saturated rings. The first-order valence-corrected chi connectivity index (χ1v) is 7.51. The Balaban J connectivity index is 2.06. The molecule has 3 N–H and O–H groups in total. The maximum Gasteiger partial charge on any atom is 0.123 e. The molecule has 1 aromatic rings. The van der Waals surface area contributed by atoms with Crippen LogP contribution in [0.25, 0.3) is 0 Å². The monoisotopic (exact) mass is 295 g/mol. The van der Waals surface area contributed by atoms with E-state index < -0.39 is 5.60 Å². The second-order valence-corrected chi connectivity index (χ2v) is 6.57. The zero-order valence-electron chi connectivity index (χ0n) is 13.1. The van der Waals surface area contributed by atoms with E-state index in [1.54, 1.807) is 0 Å². The maximum absolute atomic E-state index is 13.4. The van der Waals surface area contributed by atoms with Gasteiger partial charge in [-0.2, -0.15) is 0 Å². The number of aliphatic hydroxyl groups is 1. The van der Waals surface area contributed by atoms with Crippen LogP contribution in [-0.4, -0.2) is 48.3 Å². The van der Waals surface area contributed by atoms with E-state index in [-0.39, 0.29) is 11.9 Å². The van der Waals surface area contributed by atoms with Crippen LogP contribution in [0.15, 0.2) is 18.2 Å². The first-order valence-electron chi connectivity index (χ1n) is 7.51. The summed E-state index contributed by atoms with van der Waals surface area (Å²) in [6.07, 6.45) is 0. The van der Waals surface area contributed by atoms with Crippen molar-refractivity contribution in [2.45, 2.75) is 32.4 Å². The number of β-amino-alcohol motifs (C(OH)–C–C–N with tert-alkyl or cyclic N) is 1. The van der Waals surface area contributed by atoms with Crippen LogP contribution in [0.5, 0.6) is 0 Å². The van der Waals surface area contributed by atoms with Crippen LogP contribution >= 0.6 is 0 Å². The van der Waals surface area contributed by atoms with E-state index in [1.807, 2.05) is 26.8 Å². The van der Waals surface area contributed by atoms with Crippen LogP contribution in [0.4, 0.5) is 10.1 Å². The van der Waals surface area contributed by atoms with E-state index in [2.05, 4.69) is 9.80 Å².